The van der Waals surface area contributed by atoms with Crippen LogP contribution in [0.25, 0.3) is 21.5 Å². The Hall–Kier alpha value is -3.86. The van der Waals surface area contributed by atoms with Gasteiger partial charge in [0.15, 0.2) is 0 Å². The van der Waals surface area contributed by atoms with Crippen molar-refractivity contribution in [2.45, 2.75) is 6.61 Å². The van der Waals surface area contributed by atoms with Gasteiger partial charge in [0.2, 0.25) is 0 Å². The zero-order valence-corrected chi connectivity index (χ0v) is 20.1. The Morgan fingerprint density at radius 3 is 2.14 bits per heavy atom. The van der Waals surface area contributed by atoms with E-state index in [1.54, 1.807) is 42.6 Å². The van der Waals surface area contributed by atoms with Crippen LogP contribution in [0.1, 0.15) is 21.5 Å². The van der Waals surface area contributed by atoms with Crippen LogP contribution >= 0.6 is 23.2 Å². The van der Waals surface area contributed by atoms with Gasteiger partial charge in [0, 0.05) is 26.7 Å². The largest absolute Gasteiger partial charge is 0.489 e. The summed E-state index contributed by atoms with van der Waals surface area (Å²) in [5, 5.41) is 9.76. The van der Waals surface area contributed by atoms with Crippen LogP contribution in [0.15, 0.2) is 102 Å². The van der Waals surface area contributed by atoms with E-state index in [0.29, 0.717) is 28.0 Å². The normalized spacial score (nSPS) is 11.3. The summed E-state index contributed by atoms with van der Waals surface area (Å²) >= 11 is 12.1. The number of ether oxygens (including phenoxy) is 1. The molecular formula is C29H20Cl2N2O2. The van der Waals surface area contributed by atoms with Gasteiger partial charge in [-0.15, -0.1) is 0 Å². The van der Waals surface area contributed by atoms with E-state index in [0.717, 1.165) is 32.7 Å². The van der Waals surface area contributed by atoms with Crippen LogP contribution in [0.2, 0.25) is 10.0 Å². The Kier molecular flexibility index (Phi) is 6.66. The summed E-state index contributed by atoms with van der Waals surface area (Å²) in [6, 6.07) is 30.6. The van der Waals surface area contributed by atoms with Crippen molar-refractivity contribution in [3.63, 3.8) is 0 Å². The highest BCUT2D eigenvalue weighted by Gasteiger charge is 2.08. The van der Waals surface area contributed by atoms with Gasteiger partial charge in [-0.3, -0.25) is 4.79 Å². The number of rotatable bonds is 6. The highest BCUT2D eigenvalue weighted by atomic mass is 35.5. The van der Waals surface area contributed by atoms with Crippen LogP contribution in [0.5, 0.6) is 5.75 Å². The molecule has 5 aromatic rings. The molecule has 0 aliphatic carbocycles. The minimum absolute atomic E-state index is 0.296. The number of benzene rings is 5. The van der Waals surface area contributed by atoms with E-state index in [-0.39, 0.29) is 5.91 Å². The third-order valence-electron chi connectivity index (χ3n) is 5.70. The molecule has 0 atom stereocenters. The predicted octanol–water partition coefficient (Wildman–Crippen LogP) is 7.64. The van der Waals surface area contributed by atoms with Gasteiger partial charge >= 0.3 is 0 Å². The lowest BCUT2D eigenvalue weighted by Crippen LogP contribution is -2.17. The number of nitrogens with one attached hydrogen (secondary N) is 1. The zero-order valence-electron chi connectivity index (χ0n) is 18.5. The van der Waals surface area contributed by atoms with Crippen molar-refractivity contribution in [1.82, 2.24) is 5.43 Å². The first-order chi connectivity index (χ1) is 17.1. The maximum Gasteiger partial charge on any atom is 0.271 e. The van der Waals surface area contributed by atoms with Crippen LogP contribution < -0.4 is 10.2 Å². The van der Waals surface area contributed by atoms with Gasteiger partial charge in [-0.05, 0) is 64.0 Å². The fraction of sp³-hybridized carbons (Fsp3) is 0.0345. The molecule has 0 bridgehead atoms. The molecule has 1 amide bonds. The quantitative estimate of drug-likeness (QED) is 0.148. The van der Waals surface area contributed by atoms with Crippen molar-refractivity contribution in [2.75, 3.05) is 0 Å². The average Bonchev–Trinajstić information content (AvgIpc) is 2.88. The molecule has 0 fully saturated rings. The molecule has 5 aromatic carbocycles. The van der Waals surface area contributed by atoms with E-state index >= 15 is 0 Å². The maximum atomic E-state index is 12.6. The molecule has 0 aliphatic heterocycles. The first kappa shape index (κ1) is 22.9. The Morgan fingerprint density at radius 2 is 1.49 bits per heavy atom. The third kappa shape index (κ3) is 5.14. The monoisotopic (exact) mass is 498 g/mol. The Morgan fingerprint density at radius 1 is 0.829 bits per heavy atom. The molecular weight excluding hydrogens is 479 g/mol. The molecule has 0 spiro atoms. The predicted molar refractivity (Wildman–Crippen MR) is 144 cm³/mol. The first-order valence-electron chi connectivity index (χ1n) is 11.0. The maximum absolute atomic E-state index is 12.6. The smallest absolute Gasteiger partial charge is 0.271 e. The van der Waals surface area contributed by atoms with Gasteiger partial charge in [-0.1, -0.05) is 77.8 Å². The summed E-state index contributed by atoms with van der Waals surface area (Å²) in [5.74, 6) is 0.316. The lowest BCUT2D eigenvalue weighted by atomic mass is 9.97. The highest BCUT2D eigenvalue weighted by molar-refractivity contribution is 6.35. The van der Waals surface area contributed by atoms with Crippen LogP contribution in [0, 0.1) is 0 Å². The summed E-state index contributed by atoms with van der Waals surface area (Å²) in [4.78, 5) is 12.6. The Balaban J connectivity index is 1.28. The minimum Gasteiger partial charge on any atom is -0.489 e. The average molecular weight is 499 g/mol. The van der Waals surface area contributed by atoms with Crippen molar-refractivity contribution >= 4 is 56.9 Å². The van der Waals surface area contributed by atoms with Gasteiger partial charge in [0.1, 0.15) is 12.4 Å². The molecule has 0 aromatic heterocycles. The first-order valence-corrected chi connectivity index (χ1v) is 11.7. The fourth-order valence-electron chi connectivity index (χ4n) is 3.91. The molecule has 5 rings (SSSR count). The van der Waals surface area contributed by atoms with Crippen molar-refractivity contribution in [1.29, 1.82) is 0 Å². The molecule has 0 unspecified atom stereocenters. The lowest BCUT2D eigenvalue weighted by molar-refractivity contribution is 0.0955. The van der Waals surface area contributed by atoms with Crippen LogP contribution in [-0.2, 0) is 6.61 Å². The van der Waals surface area contributed by atoms with Crippen molar-refractivity contribution in [3.05, 3.63) is 124 Å². The highest BCUT2D eigenvalue weighted by Crippen LogP contribution is 2.27. The second-order valence-electron chi connectivity index (χ2n) is 7.98. The van der Waals surface area contributed by atoms with Crippen molar-refractivity contribution < 1.29 is 9.53 Å². The number of carbonyl (C=O) groups is 1. The molecule has 0 heterocycles. The van der Waals surface area contributed by atoms with E-state index in [1.165, 1.54) is 0 Å². The topological polar surface area (TPSA) is 50.7 Å². The fourth-order valence-corrected chi connectivity index (χ4v) is 4.37. The van der Waals surface area contributed by atoms with Crippen molar-refractivity contribution in [3.8, 4) is 5.75 Å². The summed E-state index contributed by atoms with van der Waals surface area (Å²) in [6.07, 6.45) is 1.70. The molecule has 1 N–H and O–H groups in total. The molecule has 0 aliphatic rings. The van der Waals surface area contributed by atoms with E-state index in [9.17, 15) is 4.79 Å². The second kappa shape index (κ2) is 10.2. The van der Waals surface area contributed by atoms with Crippen LogP contribution in [0.4, 0.5) is 0 Å². The summed E-state index contributed by atoms with van der Waals surface area (Å²) in [5.41, 5.74) is 4.89. The van der Waals surface area contributed by atoms with Gasteiger partial charge in [-0.25, -0.2) is 5.43 Å². The van der Waals surface area contributed by atoms with E-state index < -0.39 is 0 Å². The number of nitrogens with zero attached hydrogens (tertiary/aromatic N) is 1. The minimum atomic E-state index is -0.307. The van der Waals surface area contributed by atoms with Crippen LogP contribution in [0.3, 0.4) is 0 Å². The van der Waals surface area contributed by atoms with Gasteiger partial charge in [-0.2, -0.15) is 5.10 Å². The molecule has 172 valence electrons. The number of hydrazone groups is 1. The molecule has 0 radical (unpaired) electrons. The number of amides is 1. The van der Waals surface area contributed by atoms with Crippen molar-refractivity contribution in [2.24, 2.45) is 5.10 Å². The summed E-state index contributed by atoms with van der Waals surface area (Å²) in [6.45, 7) is 0.296. The van der Waals surface area contributed by atoms with Gasteiger partial charge in [0.25, 0.3) is 5.91 Å². The molecule has 35 heavy (non-hydrogen) atoms. The molecule has 4 nitrogen and oxygen atoms in total. The third-order valence-corrected chi connectivity index (χ3v) is 6.29. The SMILES string of the molecule is O=C(N/N=C/c1c2ccccc2cc2ccccc12)c1ccc(OCc2ccc(Cl)cc2Cl)cc1. The number of halogens is 2. The van der Waals surface area contributed by atoms with E-state index in [2.05, 4.69) is 40.9 Å². The molecule has 6 heteroatoms. The Labute approximate surface area is 212 Å². The number of carbonyl (C=O) groups excluding carboxylic acids is 1. The summed E-state index contributed by atoms with van der Waals surface area (Å²) in [7, 11) is 0. The van der Waals surface area contributed by atoms with Gasteiger partial charge in [0.05, 0.1) is 6.21 Å². The molecule has 0 saturated heterocycles. The molecule has 0 saturated carbocycles. The summed E-state index contributed by atoms with van der Waals surface area (Å²) < 4.78 is 5.78. The number of fused-ring (bicyclic) bond motifs is 2. The standard InChI is InChI=1S/C29H20Cl2N2O2/c30-23-12-9-22(28(31)16-23)18-35-24-13-10-19(11-14-24)29(34)33-32-17-27-25-7-3-1-5-20(25)15-21-6-2-4-8-26(21)27/h1-17H,18H2,(H,33,34)/b32-17+. The number of hydrogen-bond donors (Lipinski definition) is 1. The zero-order chi connectivity index (χ0) is 24.2. The van der Waals surface area contributed by atoms with Crippen LogP contribution in [-0.4, -0.2) is 12.1 Å². The lowest BCUT2D eigenvalue weighted by Gasteiger charge is -2.09. The Bertz CT molecular complexity index is 1510. The van der Waals surface area contributed by atoms with E-state index in [1.807, 2.05) is 30.3 Å². The van der Waals surface area contributed by atoms with Gasteiger partial charge < -0.3 is 4.74 Å². The number of hydrogen-bond acceptors (Lipinski definition) is 3. The second-order valence-corrected chi connectivity index (χ2v) is 8.82. The van der Waals surface area contributed by atoms with E-state index in [4.69, 9.17) is 27.9 Å².